The number of esters is 2. The number of ether oxygens (including phenoxy) is 2. The van der Waals surface area contributed by atoms with Crippen LogP contribution >= 0.6 is 23.5 Å². The van der Waals surface area contributed by atoms with E-state index in [1.165, 1.54) is 12.7 Å². The first-order valence-corrected chi connectivity index (χ1v) is 10.0. The average molecular weight is 383 g/mol. The fraction of sp³-hybridized carbons (Fsp3) is 0.471. The maximum absolute atomic E-state index is 12.0. The number of methoxy groups -OCH3 is 1. The van der Waals surface area contributed by atoms with Gasteiger partial charge < -0.3 is 14.8 Å². The van der Waals surface area contributed by atoms with Gasteiger partial charge in [0.05, 0.1) is 17.3 Å². The van der Waals surface area contributed by atoms with Crippen molar-refractivity contribution in [3.8, 4) is 0 Å². The molecule has 1 aromatic rings. The van der Waals surface area contributed by atoms with E-state index < -0.39 is 11.9 Å². The number of carbonyl (C=O) groups excluding carboxylic acids is 3. The lowest BCUT2D eigenvalue weighted by molar-refractivity contribution is -0.140. The van der Waals surface area contributed by atoms with E-state index in [1.54, 1.807) is 12.1 Å². The van der Waals surface area contributed by atoms with Crippen molar-refractivity contribution in [1.82, 2.24) is 5.32 Å². The first kappa shape index (κ1) is 19.7. The van der Waals surface area contributed by atoms with E-state index in [0.29, 0.717) is 23.1 Å². The maximum atomic E-state index is 12.0. The molecule has 6 nitrogen and oxygen atoms in total. The number of rotatable bonds is 8. The summed E-state index contributed by atoms with van der Waals surface area (Å²) in [7, 11) is 1.32. The predicted octanol–water partition coefficient (Wildman–Crippen LogP) is 2.39. The summed E-state index contributed by atoms with van der Waals surface area (Å²) in [4.78, 5) is 34.5. The van der Waals surface area contributed by atoms with Crippen LogP contribution in [0.25, 0.3) is 0 Å². The molecule has 1 aliphatic rings. The zero-order valence-electron chi connectivity index (χ0n) is 14.0. The molecule has 0 bridgehead atoms. The molecule has 0 unspecified atom stereocenters. The lowest BCUT2D eigenvalue weighted by atomic mass is 10.1. The molecule has 0 spiro atoms. The van der Waals surface area contributed by atoms with Gasteiger partial charge in [0.2, 0.25) is 0 Å². The molecule has 136 valence electrons. The van der Waals surface area contributed by atoms with E-state index in [9.17, 15) is 14.4 Å². The smallest absolute Gasteiger partial charge is 0.338 e. The summed E-state index contributed by atoms with van der Waals surface area (Å²) < 4.78 is 9.94. The van der Waals surface area contributed by atoms with Crippen LogP contribution in [0.3, 0.4) is 0 Å². The molecule has 0 aromatic heterocycles. The van der Waals surface area contributed by atoms with E-state index in [1.807, 2.05) is 35.7 Å². The van der Waals surface area contributed by atoms with E-state index in [4.69, 9.17) is 4.74 Å². The standard InChI is InChI=1S/C17H21NO5S2/c1-22-15(20)3-2-8-18-14(19)11-23-16(21)12-4-6-13(7-5-12)17-24-9-10-25-17/h4-7,17H,2-3,8-11H2,1H3,(H,18,19). The van der Waals surface area contributed by atoms with Crippen molar-refractivity contribution in [2.45, 2.75) is 17.4 Å². The van der Waals surface area contributed by atoms with E-state index in [-0.39, 0.29) is 19.0 Å². The van der Waals surface area contributed by atoms with Crippen LogP contribution in [0, 0.1) is 0 Å². The Bertz CT molecular complexity index is 600. The zero-order valence-corrected chi connectivity index (χ0v) is 15.6. The minimum absolute atomic E-state index is 0.237. The van der Waals surface area contributed by atoms with Crippen molar-refractivity contribution in [2.24, 2.45) is 0 Å². The lowest BCUT2D eigenvalue weighted by Gasteiger charge is -2.09. The third-order valence-corrected chi connectivity index (χ3v) is 6.59. The van der Waals surface area contributed by atoms with Gasteiger partial charge in [-0.1, -0.05) is 12.1 Å². The lowest BCUT2D eigenvalue weighted by Crippen LogP contribution is -2.29. The first-order valence-electron chi connectivity index (χ1n) is 7.94. The van der Waals surface area contributed by atoms with Crippen LogP contribution in [0.1, 0.15) is 33.3 Å². The minimum Gasteiger partial charge on any atom is -0.469 e. The Morgan fingerprint density at radius 1 is 1.16 bits per heavy atom. The van der Waals surface area contributed by atoms with Crippen LogP contribution < -0.4 is 5.32 Å². The van der Waals surface area contributed by atoms with Crippen LogP contribution in [-0.4, -0.2) is 49.6 Å². The third-order valence-electron chi connectivity index (χ3n) is 3.48. The quantitative estimate of drug-likeness (QED) is 0.545. The van der Waals surface area contributed by atoms with Gasteiger partial charge in [0, 0.05) is 24.5 Å². The fourth-order valence-electron chi connectivity index (χ4n) is 2.16. The van der Waals surface area contributed by atoms with E-state index in [2.05, 4.69) is 10.1 Å². The summed E-state index contributed by atoms with van der Waals surface area (Å²) in [5, 5.41) is 2.59. The average Bonchev–Trinajstić information content (AvgIpc) is 3.18. The Labute approximate surface area is 155 Å². The Hall–Kier alpha value is -1.67. The highest BCUT2D eigenvalue weighted by Gasteiger charge is 2.18. The number of nitrogens with one attached hydrogen (secondary N) is 1. The second-order valence-corrected chi connectivity index (χ2v) is 8.03. The highest BCUT2D eigenvalue weighted by molar-refractivity contribution is 8.19. The molecule has 0 saturated carbocycles. The van der Waals surface area contributed by atoms with Gasteiger partial charge in [-0.15, -0.1) is 23.5 Å². The number of amides is 1. The minimum atomic E-state index is -0.525. The molecule has 1 fully saturated rings. The molecule has 0 radical (unpaired) electrons. The van der Waals surface area contributed by atoms with E-state index >= 15 is 0 Å². The fourth-order valence-corrected chi connectivity index (χ4v) is 5.01. The molecule has 1 heterocycles. The molecule has 0 atom stereocenters. The molecule has 1 aliphatic heterocycles. The normalized spacial score (nSPS) is 14.1. The number of hydrogen-bond donors (Lipinski definition) is 1. The molecule has 1 amide bonds. The van der Waals surface area contributed by atoms with Gasteiger partial charge in [0.15, 0.2) is 6.61 Å². The van der Waals surface area contributed by atoms with Crippen LogP contribution in [0.15, 0.2) is 24.3 Å². The molecule has 8 heteroatoms. The van der Waals surface area contributed by atoms with Crippen molar-refractivity contribution in [3.05, 3.63) is 35.4 Å². The van der Waals surface area contributed by atoms with Gasteiger partial charge in [-0.2, -0.15) is 0 Å². The van der Waals surface area contributed by atoms with Crippen LogP contribution in [0.5, 0.6) is 0 Å². The van der Waals surface area contributed by atoms with Gasteiger partial charge in [-0.05, 0) is 24.1 Å². The number of carbonyl (C=O) groups is 3. The molecule has 25 heavy (non-hydrogen) atoms. The predicted molar refractivity (Wildman–Crippen MR) is 98.6 cm³/mol. The van der Waals surface area contributed by atoms with Crippen molar-refractivity contribution < 1.29 is 23.9 Å². The summed E-state index contributed by atoms with van der Waals surface area (Å²) in [5.74, 6) is 1.05. The summed E-state index contributed by atoms with van der Waals surface area (Å²) >= 11 is 3.80. The van der Waals surface area contributed by atoms with Crippen molar-refractivity contribution in [2.75, 3.05) is 31.8 Å². The molecule has 1 N–H and O–H groups in total. The Kier molecular flexibility index (Phi) is 8.14. The van der Waals surface area contributed by atoms with Gasteiger partial charge in [-0.3, -0.25) is 9.59 Å². The Morgan fingerprint density at radius 3 is 2.48 bits per heavy atom. The van der Waals surface area contributed by atoms with Gasteiger partial charge in [0.1, 0.15) is 0 Å². The van der Waals surface area contributed by atoms with Gasteiger partial charge in [-0.25, -0.2) is 4.79 Å². The van der Waals surface area contributed by atoms with Crippen LogP contribution in [-0.2, 0) is 19.1 Å². The van der Waals surface area contributed by atoms with Crippen molar-refractivity contribution in [3.63, 3.8) is 0 Å². The number of hydrogen-bond acceptors (Lipinski definition) is 7. The zero-order chi connectivity index (χ0) is 18.1. The number of thioether (sulfide) groups is 2. The Morgan fingerprint density at radius 2 is 1.84 bits per heavy atom. The van der Waals surface area contributed by atoms with E-state index in [0.717, 1.165) is 11.5 Å². The first-order chi connectivity index (χ1) is 12.1. The molecule has 1 aromatic carbocycles. The van der Waals surface area contributed by atoms with Crippen LogP contribution in [0.2, 0.25) is 0 Å². The highest BCUT2D eigenvalue weighted by atomic mass is 32.2. The summed E-state index contributed by atoms with van der Waals surface area (Å²) in [6, 6.07) is 7.32. The van der Waals surface area contributed by atoms with Crippen LogP contribution in [0.4, 0.5) is 0 Å². The topological polar surface area (TPSA) is 81.7 Å². The number of benzene rings is 1. The Balaban J connectivity index is 1.68. The third kappa shape index (κ3) is 6.62. The second kappa shape index (κ2) is 10.4. The van der Waals surface area contributed by atoms with Crippen molar-refractivity contribution >= 4 is 41.4 Å². The summed E-state index contributed by atoms with van der Waals surface area (Å²) in [6.45, 7) is -0.00988. The second-order valence-electron chi connectivity index (χ2n) is 5.30. The molecular weight excluding hydrogens is 362 g/mol. The highest BCUT2D eigenvalue weighted by Crippen LogP contribution is 2.45. The molecule has 1 saturated heterocycles. The van der Waals surface area contributed by atoms with Gasteiger partial charge >= 0.3 is 11.9 Å². The van der Waals surface area contributed by atoms with Gasteiger partial charge in [0.25, 0.3) is 5.91 Å². The largest absolute Gasteiger partial charge is 0.469 e. The molecule has 2 rings (SSSR count). The maximum Gasteiger partial charge on any atom is 0.338 e. The monoisotopic (exact) mass is 383 g/mol. The summed E-state index contributed by atoms with van der Waals surface area (Å²) in [6.07, 6.45) is 0.714. The summed E-state index contributed by atoms with van der Waals surface area (Å²) in [5.41, 5.74) is 1.61. The SMILES string of the molecule is COC(=O)CCCNC(=O)COC(=O)c1ccc(C2SCCS2)cc1. The molecule has 0 aliphatic carbocycles. The molecular formula is C17H21NO5S2. The van der Waals surface area contributed by atoms with Crippen molar-refractivity contribution in [1.29, 1.82) is 0 Å².